The Morgan fingerprint density at radius 1 is 1.53 bits per heavy atom. The van der Waals surface area contributed by atoms with E-state index in [-0.39, 0.29) is 5.88 Å². The molecule has 0 bridgehead atoms. The number of hydrogen-bond donors (Lipinski definition) is 1. The Bertz CT molecular complexity index is 445. The van der Waals surface area contributed by atoms with Crippen LogP contribution in [0.4, 0.5) is 6.01 Å². The van der Waals surface area contributed by atoms with Gasteiger partial charge in [0.2, 0.25) is 5.89 Å². The molecule has 0 radical (unpaired) electrons. The third-order valence-corrected chi connectivity index (χ3v) is 3.83. The average Bonchev–Trinajstić information content (AvgIpc) is 2.84. The van der Waals surface area contributed by atoms with Crippen molar-refractivity contribution in [1.82, 2.24) is 10.2 Å². The maximum absolute atomic E-state index is 5.54. The largest absolute Gasteiger partial charge is 0.407 e. The van der Waals surface area contributed by atoms with Crippen LogP contribution in [0.1, 0.15) is 10.8 Å². The highest BCUT2D eigenvalue weighted by molar-refractivity contribution is 9.10. The van der Waals surface area contributed by atoms with Crippen LogP contribution in [0.5, 0.6) is 0 Å². The molecule has 0 aliphatic carbocycles. The van der Waals surface area contributed by atoms with Gasteiger partial charge in [-0.2, -0.15) is 0 Å². The topological polar surface area (TPSA) is 51.0 Å². The van der Waals surface area contributed by atoms with Gasteiger partial charge in [-0.1, -0.05) is 5.10 Å². The molecule has 80 valence electrons. The van der Waals surface area contributed by atoms with Gasteiger partial charge in [0.15, 0.2) is 0 Å². The van der Waals surface area contributed by atoms with E-state index in [2.05, 4.69) is 31.4 Å². The van der Waals surface area contributed by atoms with Gasteiger partial charge >= 0.3 is 6.01 Å². The molecule has 1 N–H and O–H groups in total. The number of anilines is 1. The molecule has 15 heavy (non-hydrogen) atoms. The molecule has 2 rings (SSSR count). The lowest BCUT2D eigenvalue weighted by atomic mass is 10.5. The monoisotopic (exact) mass is 307 g/mol. The Morgan fingerprint density at radius 2 is 2.40 bits per heavy atom. The van der Waals surface area contributed by atoms with Gasteiger partial charge in [-0.05, 0) is 27.4 Å². The molecule has 2 aromatic heterocycles. The summed E-state index contributed by atoms with van der Waals surface area (Å²) in [6.45, 7) is 0.655. The van der Waals surface area contributed by atoms with Gasteiger partial charge < -0.3 is 9.73 Å². The molecule has 0 saturated heterocycles. The van der Waals surface area contributed by atoms with Crippen molar-refractivity contribution < 1.29 is 4.42 Å². The van der Waals surface area contributed by atoms with Gasteiger partial charge in [0.05, 0.1) is 6.54 Å². The average molecular weight is 309 g/mol. The van der Waals surface area contributed by atoms with E-state index in [1.54, 1.807) is 11.3 Å². The van der Waals surface area contributed by atoms with E-state index in [9.17, 15) is 0 Å². The van der Waals surface area contributed by atoms with E-state index in [1.165, 1.54) is 4.88 Å². The van der Waals surface area contributed by atoms with Crippen LogP contribution in [-0.2, 0) is 12.4 Å². The van der Waals surface area contributed by atoms with E-state index in [4.69, 9.17) is 16.0 Å². The van der Waals surface area contributed by atoms with Crippen molar-refractivity contribution in [2.45, 2.75) is 12.4 Å². The van der Waals surface area contributed by atoms with Crippen LogP contribution >= 0.6 is 38.9 Å². The number of halogens is 2. The zero-order valence-corrected chi connectivity index (χ0v) is 10.7. The van der Waals surface area contributed by atoms with E-state index < -0.39 is 0 Å². The van der Waals surface area contributed by atoms with Gasteiger partial charge in [-0.25, -0.2) is 0 Å². The number of hydrogen-bond acceptors (Lipinski definition) is 5. The number of aromatic nitrogens is 2. The Balaban J connectivity index is 1.96. The lowest BCUT2D eigenvalue weighted by Gasteiger charge is -1.98. The smallest absolute Gasteiger partial charge is 0.315 e. The first-order chi connectivity index (χ1) is 7.29. The second kappa shape index (κ2) is 4.96. The fourth-order valence-corrected chi connectivity index (χ4v) is 2.53. The van der Waals surface area contributed by atoms with Crippen molar-refractivity contribution in [2.24, 2.45) is 0 Å². The summed E-state index contributed by atoms with van der Waals surface area (Å²) in [5, 5.41) is 12.6. The molecule has 0 aromatic carbocycles. The molecular formula is C8H7BrClN3OS. The van der Waals surface area contributed by atoms with Crippen LogP contribution in [0.2, 0.25) is 0 Å². The summed E-state index contributed by atoms with van der Waals surface area (Å²) in [6.07, 6.45) is 0. The molecule has 0 unspecified atom stereocenters. The summed E-state index contributed by atoms with van der Waals surface area (Å²) < 4.78 is 6.28. The van der Waals surface area contributed by atoms with Gasteiger partial charge in [-0.3, -0.25) is 0 Å². The molecule has 0 fully saturated rings. The summed E-state index contributed by atoms with van der Waals surface area (Å²) in [5.74, 6) is 0.654. The molecule has 0 aliphatic heterocycles. The first-order valence-corrected chi connectivity index (χ1v) is 6.34. The number of rotatable bonds is 4. The van der Waals surface area contributed by atoms with E-state index in [0.29, 0.717) is 18.5 Å². The summed E-state index contributed by atoms with van der Waals surface area (Å²) in [6, 6.07) is 2.39. The highest BCUT2D eigenvalue weighted by atomic mass is 79.9. The summed E-state index contributed by atoms with van der Waals surface area (Å²) in [5.41, 5.74) is 0. The van der Waals surface area contributed by atoms with Crippen molar-refractivity contribution in [3.05, 3.63) is 26.7 Å². The third kappa shape index (κ3) is 2.70. The van der Waals surface area contributed by atoms with Crippen LogP contribution in [0.25, 0.3) is 0 Å². The molecule has 0 amide bonds. The maximum Gasteiger partial charge on any atom is 0.315 e. The minimum Gasteiger partial charge on any atom is -0.407 e. The van der Waals surface area contributed by atoms with Crippen molar-refractivity contribution in [3.8, 4) is 0 Å². The highest BCUT2D eigenvalue weighted by Gasteiger charge is 2.06. The zero-order valence-electron chi connectivity index (χ0n) is 7.54. The first kappa shape index (κ1) is 10.9. The van der Waals surface area contributed by atoms with Gasteiger partial charge in [0.25, 0.3) is 0 Å². The molecule has 2 heterocycles. The maximum atomic E-state index is 5.54. The Hall–Kier alpha value is -0.590. The quantitative estimate of drug-likeness (QED) is 0.881. The fraction of sp³-hybridized carbons (Fsp3) is 0.250. The van der Waals surface area contributed by atoms with Crippen molar-refractivity contribution in [2.75, 3.05) is 5.32 Å². The van der Waals surface area contributed by atoms with E-state index >= 15 is 0 Å². The second-order valence-electron chi connectivity index (χ2n) is 2.68. The Morgan fingerprint density at radius 3 is 3.00 bits per heavy atom. The van der Waals surface area contributed by atoms with Crippen molar-refractivity contribution in [3.63, 3.8) is 0 Å². The van der Waals surface area contributed by atoms with Crippen LogP contribution in [0.15, 0.2) is 20.3 Å². The summed E-state index contributed by atoms with van der Waals surface area (Å²) >= 11 is 10.6. The number of alkyl halides is 1. The predicted molar refractivity (Wildman–Crippen MR) is 63.2 cm³/mol. The standard InChI is InChI=1S/C8H7BrClN3OS/c9-5-1-2-15-6(5)4-11-8-13-12-7(3-10)14-8/h1-2H,3-4H2,(H,11,13). The molecular weight excluding hydrogens is 302 g/mol. The SMILES string of the molecule is ClCc1nnc(NCc2sccc2Br)o1. The molecule has 2 aromatic rings. The predicted octanol–water partition coefficient (Wildman–Crippen LogP) is 3.24. The number of nitrogens with zero attached hydrogens (tertiary/aromatic N) is 2. The number of thiophene rings is 1. The molecule has 0 spiro atoms. The molecule has 0 aliphatic rings. The lowest BCUT2D eigenvalue weighted by molar-refractivity contribution is 0.525. The molecule has 7 heteroatoms. The highest BCUT2D eigenvalue weighted by Crippen LogP contribution is 2.23. The Kier molecular flexibility index (Phi) is 3.61. The molecule has 4 nitrogen and oxygen atoms in total. The first-order valence-electron chi connectivity index (χ1n) is 4.13. The van der Waals surface area contributed by atoms with E-state index in [1.807, 2.05) is 11.4 Å². The van der Waals surface area contributed by atoms with Crippen LogP contribution < -0.4 is 5.32 Å². The third-order valence-electron chi connectivity index (χ3n) is 1.67. The van der Waals surface area contributed by atoms with Crippen LogP contribution in [0, 0.1) is 0 Å². The fourth-order valence-electron chi connectivity index (χ4n) is 0.986. The Labute approximate surface area is 104 Å². The lowest BCUT2D eigenvalue weighted by Crippen LogP contribution is -1.97. The second-order valence-corrected chi connectivity index (χ2v) is 4.80. The molecule has 0 atom stereocenters. The minimum absolute atomic E-state index is 0.234. The van der Waals surface area contributed by atoms with Gasteiger partial charge in [-0.15, -0.1) is 28.0 Å². The molecule has 0 saturated carbocycles. The minimum atomic E-state index is 0.234. The van der Waals surface area contributed by atoms with Crippen molar-refractivity contribution >= 4 is 44.9 Å². The van der Waals surface area contributed by atoms with Crippen LogP contribution in [-0.4, -0.2) is 10.2 Å². The number of nitrogens with one attached hydrogen (secondary N) is 1. The normalized spacial score (nSPS) is 10.5. The summed E-state index contributed by atoms with van der Waals surface area (Å²) in [4.78, 5) is 1.18. The van der Waals surface area contributed by atoms with Crippen LogP contribution in [0.3, 0.4) is 0 Å². The van der Waals surface area contributed by atoms with Crippen molar-refractivity contribution in [1.29, 1.82) is 0 Å². The van der Waals surface area contributed by atoms with Gasteiger partial charge in [0, 0.05) is 9.35 Å². The summed E-state index contributed by atoms with van der Waals surface area (Å²) in [7, 11) is 0. The zero-order chi connectivity index (χ0) is 10.7. The van der Waals surface area contributed by atoms with Gasteiger partial charge in [0.1, 0.15) is 5.88 Å². The van der Waals surface area contributed by atoms with E-state index in [0.717, 1.165) is 4.47 Å².